The second kappa shape index (κ2) is 18.6. The fourth-order valence-corrected chi connectivity index (χ4v) is 12.0. The van der Waals surface area contributed by atoms with Gasteiger partial charge in [0.05, 0.1) is 54.5 Å². The lowest BCUT2D eigenvalue weighted by Crippen LogP contribution is -2.59. The summed E-state index contributed by atoms with van der Waals surface area (Å²) in [6.45, 7) is 4.74. The van der Waals surface area contributed by atoms with Gasteiger partial charge in [0.15, 0.2) is 6.29 Å². The van der Waals surface area contributed by atoms with Crippen molar-refractivity contribution in [1.29, 1.82) is 0 Å². The molecule has 13 heteroatoms. The first-order chi connectivity index (χ1) is 30.7. The second-order valence-corrected chi connectivity index (χ2v) is 18.6. The van der Waals surface area contributed by atoms with Crippen molar-refractivity contribution >= 4 is 29.7 Å². The summed E-state index contributed by atoms with van der Waals surface area (Å²) in [7, 11) is 1.73. The molecule has 4 heterocycles. The summed E-state index contributed by atoms with van der Waals surface area (Å²) in [5, 5.41) is 36.9. The van der Waals surface area contributed by atoms with Crippen molar-refractivity contribution in [1.82, 2.24) is 4.90 Å². The zero-order valence-corrected chi connectivity index (χ0v) is 36.7. The molecule has 3 aliphatic carbocycles. The molecule has 7 aliphatic rings. The first kappa shape index (κ1) is 43.8. The van der Waals surface area contributed by atoms with Crippen LogP contribution in [0.2, 0.25) is 0 Å². The van der Waals surface area contributed by atoms with Crippen LogP contribution in [-0.4, -0.2) is 109 Å². The highest BCUT2D eigenvalue weighted by Gasteiger charge is 2.55. The van der Waals surface area contributed by atoms with Crippen LogP contribution in [0, 0.1) is 17.8 Å². The molecule has 338 valence electrons. The Labute approximate surface area is 368 Å². The Hall–Kier alpha value is -4.40. The molecule has 9 rings (SSSR count). The molecule has 6 atom stereocenters. The second-order valence-electron chi connectivity index (χ2n) is 18.6. The number of carbonyl (C=O) groups excluding carboxylic acids is 3. The largest absolute Gasteiger partial charge is 0.489 e. The number of hydrogen-bond donors (Lipinski definition) is 3. The average molecular weight is 867 g/mol. The number of aliphatic hydroxyl groups is 3. The number of carbonyl (C=O) groups is 3. The van der Waals surface area contributed by atoms with Gasteiger partial charge in [-0.15, -0.1) is 0 Å². The predicted octanol–water partition coefficient (Wildman–Crippen LogP) is 4.41. The fraction of sp³-hybridized carbons (Fsp3) is 0.600. The molecule has 2 aromatic carbocycles. The van der Waals surface area contributed by atoms with Crippen molar-refractivity contribution in [3.05, 3.63) is 67.9 Å². The van der Waals surface area contributed by atoms with Crippen molar-refractivity contribution in [2.45, 2.75) is 121 Å². The molecule has 63 heavy (non-hydrogen) atoms. The molecule has 1 saturated heterocycles. The van der Waals surface area contributed by atoms with Crippen molar-refractivity contribution < 1.29 is 53.4 Å². The first-order valence-electron chi connectivity index (χ1n) is 23.4. The number of fused-ring (bicyclic) bond motifs is 4. The summed E-state index contributed by atoms with van der Waals surface area (Å²) in [5.74, 6) is -1.50. The Balaban J connectivity index is 1.20. The van der Waals surface area contributed by atoms with E-state index in [4.69, 9.17) is 23.7 Å². The highest BCUT2D eigenvalue weighted by molar-refractivity contribution is 6.11. The van der Waals surface area contributed by atoms with E-state index in [2.05, 4.69) is 9.89 Å². The first-order valence-corrected chi connectivity index (χ1v) is 23.4. The number of likely N-dealkylation sites (tertiary alicyclic amines) is 1. The Morgan fingerprint density at radius 1 is 1.06 bits per heavy atom. The minimum absolute atomic E-state index is 0.00411. The van der Waals surface area contributed by atoms with E-state index in [9.17, 15) is 29.7 Å². The van der Waals surface area contributed by atoms with Crippen molar-refractivity contribution in [2.24, 2.45) is 22.7 Å². The zero-order chi connectivity index (χ0) is 43.8. The minimum atomic E-state index is -1.16. The zero-order valence-electron chi connectivity index (χ0n) is 36.7. The highest BCUT2D eigenvalue weighted by atomic mass is 16.6. The van der Waals surface area contributed by atoms with Crippen LogP contribution >= 0.6 is 0 Å². The number of allylic oxidation sites excluding steroid dienone is 3. The van der Waals surface area contributed by atoms with Crippen LogP contribution < -0.4 is 24.8 Å². The molecule has 0 unspecified atom stereocenters. The van der Waals surface area contributed by atoms with E-state index in [1.807, 2.05) is 24.3 Å². The number of ketones is 1. The third-order valence-electron chi connectivity index (χ3n) is 15.0. The van der Waals surface area contributed by atoms with Gasteiger partial charge in [0.25, 0.3) is 0 Å². The molecular weight excluding hydrogens is 805 g/mol. The number of esters is 1. The summed E-state index contributed by atoms with van der Waals surface area (Å²) in [6.07, 6.45) is 11.4. The summed E-state index contributed by atoms with van der Waals surface area (Å²) >= 11 is 0. The molecule has 3 N–H and O–H groups in total. The number of aldehydes is 1. The van der Waals surface area contributed by atoms with Gasteiger partial charge in [0.1, 0.15) is 34.7 Å². The molecule has 3 saturated carbocycles. The topological polar surface area (TPSA) is 174 Å². The quantitative estimate of drug-likeness (QED) is 0.147. The van der Waals surface area contributed by atoms with Crippen molar-refractivity contribution in [2.75, 3.05) is 53.1 Å². The van der Waals surface area contributed by atoms with E-state index < -0.39 is 42.7 Å². The van der Waals surface area contributed by atoms with Gasteiger partial charge in [-0.2, -0.15) is 0 Å². The summed E-state index contributed by atoms with van der Waals surface area (Å²) in [6, 6.07) is 5.79. The van der Waals surface area contributed by atoms with Crippen LogP contribution in [0.4, 0.5) is 0 Å². The number of benzene rings is 2. The predicted molar refractivity (Wildman–Crippen MR) is 233 cm³/mol. The van der Waals surface area contributed by atoms with Crippen LogP contribution in [0.1, 0.15) is 112 Å². The standard InChI is InChI=1S/C50H62N2O11/c1-3-60-49(57)48-37(27-54)42(32-22-33(26-53)44(56)35(23-32)29-12-13-40-30(21-29)14-17-51-40)43-46(61-34-10-5-4-6-11-34)36-24-41(62-45(36)38(28-55)47(43)63-48)50(58)16-7-9-31-25-52(18-8-20-59-2)19-15-39(31)50/h12-14,21,27,31,33-35,39,41,53,55,58H,3-11,15-20,22-26,28H2,1-2H3/b42-32-/t31-,33+,35+,39-,41-,50+/m0/s1. The number of Topliss-reactive ketones (excluding diaryl/α,β-unsaturated/α-hetero) is 1. The molecule has 0 bridgehead atoms. The number of piperidine rings is 1. The fourth-order valence-electron chi connectivity index (χ4n) is 12.0. The third kappa shape index (κ3) is 8.06. The average Bonchev–Trinajstić information content (AvgIpc) is 3.97. The SMILES string of the molecule is CCOC(=O)C1=C(C=O)/C(=C2\C[C@H](CO)C(=O)[C@@H](c3ccc4c(c3)=CCN=4)C2)c2c(c(CO)c3c(c2OC2CCCCC2)C[C@@H]([C@@]2(O)CCC[C@H]4CN(CCCOC)CC[C@@H]42)O3)O1. The summed E-state index contributed by atoms with van der Waals surface area (Å²) < 4.78 is 31.5. The number of rotatable bonds is 13. The third-order valence-corrected chi connectivity index (χ3v) is 15.0. The van der Waals surface area contributed by atoms with Crippen molar-refractivity contribution in [3.63, 3.8) is 0 Å². The van der Waals surface area contributed by atoms with Gasteiger partial charge in [0.2, 0.25) is 5.76 Å². The van der Waals surface area contributed by atoms with Crippen LogP contribution in [0.3, 0.4) is 0 Å². The minimum Gasteiger partial charge on any atom is -0.489 e. The van der Waals surface area contributed by atoms with E-state index in [-0.39, 0.29) is 59.9 Å². The maximum atomic E-state index is 14.2. The van der Waals surface area contributed by atoms with E-state index in [1.165, 1.54) is 0 Å². The van der Waals surface area contributed by atoms with E-state index in [0.717, 1.165) is 93.6 Å². The molecule has 0 spiro atoms. The van der Waals surface area contributed by atoms with Crippen LogP contribution in [0.5, 0.6) is 17.2 Å². The van der Waals surface area contributed by atoms with Gasteiger partial charge in [-0.25, -0.2) is 4.79 Å². The van der Waals surface area contributed by atoms with E-state index in [1.54, 1.807) is 14.0 Å². The van der Waals surface area contributed by atoms with E-state index >= 15 is 0 Å². The Morgan fingerprint density at radius 3 is 2.67 bits per heavy atom. The van der Waals surface area contributed by atoms with Gasteiger partial charge in [-0.3, -0.25) is 14.6 Å². The summed E-state index contributed by atoms with van der Waals surface area (Å²) in [4.78, 5) is 48.7. The number of ether oxygens (including phenoxy) is 5. The molecule has 0 radical (unpaired) electrons. The molecular formula is C50H62N2O11. The molecule has 4 fully saturated rings. The summed E-state index contributed by atoms with van der Waals surface area (Å²) in [5.41, 5.74) is 2.03. The van der Waals surface area contributed by atoms with E-state index in [0.29, 0.717) is 72.0 Å². The van der Waals surface area contributed by atoms with Gasteiger partial charge >= 0.3 is 5.97 Å². The lowest BCUT2D eigenvalue weighted by atomic mass is 9.63. The van der Waals surface area contributed by atoms with Crippen LogP contribution in [-0.2, 0) is 36.9 Å². The highest BCUT2D eigenvalue weighted by Crippen LogP contribution is 2.58. The number of nitrogens with zero attached hydrogens (tertiary/aromatic N) is 2. The molecule has 0 aromatic heterocycles. The van der Waals surface area contributed by atoms with Gasteiger partial charge < -0.3 is 43.9 Å². The Kier molecular flexibility index (Phi) is 12.9. The van der Waals surface area contributed by atoms with Crippen LogP contribution in [0.15, 0.2) is 40.1 Å². The van der Waals surface area contributed by atoms with Gasteiger partial charge in [-0.05, 0) is 112 Å². The maximum Gasteiger partial charge on any atom is 0.375 e. The molecule has 0 amide bonds. The Morgan fingerprint density at radius 2 is 1.90 bits per heavy atom. The molecule has 13 nitrogen and oxygen atoms in total. The smallest absolute Gasteiger partial charge is 0.375 e. The normalized spacial score (nSPS) is 29.3. The molecule has 4 aliphatic heterocycles. The number of methoxy groups -OCH3 is 1. The number of aliphatic hydroxyl groups excluding tert-OH is 2. The van der Waals surface area contributed by atoms with Crippen molar-refractivity contribution in [3.8, 4) is 17.2 Å². The van der Waals surface area contributed by atoms with Gasteiger partial charge in [-0.1, -0.05) is 30.6 Å². The lowest BCUT2D eigenvalue weighted by molar-refractivity contribution is -0.151. The molecule has 2 aromatic rings. The number of hydrogen-bond acceptors (Lipinski definition) is 13. The van der Waals surface area contributed by atoms with Crippen LogP contribution in [0.25, 0.3) is 11.6 Å². The maximum absolute atomic E-state index is 14.2. The van der Waals surface area contributed by atoms with Gasteiger partial charge in [0, 0.05) is 56.2 Å². The lowest BCUT2D eigenvalue weighted by Gasteiger charge is -2.51. The monoisotopic (exact) mass is 866 g/mol. The Bertz CT molecular complexity index is 2310.